The minimum absolute atomic E-state index is 0.290. The summed E-state index contributed by atoms with van der Waals surface area (Å²) >= 11 is 7.69. The topological polar surface area (TPSA) is 65.0 Å². The first-order chi connectivity index (χ1) is 14.5. The van der Waals surface area contributed by atoms with Gasteiger partial charge in [0.2, 0.25) is 0 Å². The number of allylic oxidation sites excluding steroid dienone is 1. The van der Waals surface area contributed by atoms with E-state index in [0.29, 0.717) is 11.6 Å². The Morgan fingerprint density at radius 1 is 1.10 bits per heavy atom. The van der Waals surface area contributed by atoms with E-state index in [0.717, 1.165) is 17.3 Å². The van der Waals surface area contributed by atoms with E-state index in [1.165, 1.54) is 62.7 Å². The third kappa shape index (κ3) is 7.49. The van der Waals surface area contributed by atoms with E-state index in [4.69, 9.17) is 16.6 Å². The van der Waals surface area contributed by atoms with Gasteiger partial charge >= 0.3 is 6.03 Å². The molecule has 8 heteroatoms. The lowest BCUT2D eigenvalue weighted by Gasteiger charge is -2.35. The number of rotatable bonds is 13. The van der Waals surface area contributed by atoms with Crippen LogP contribution in [0.2, 0.25) is 0 Å². The number of halogens is 1. The molecule has 0 bridgehead atoms. The highest BCUT2D eigenvalue weighted by molar-refractivity contribution is 8.13. The van der Waals surface area contributed by atoms with E-state index in [-0.39, 0.29) is 5.91 Å². The smallest absolute Gasteiger partial charge is 0.325 e. The summed E-state index contributed by atoms with van der Waals surface area (Å²) in [6.45, 7) is 4.58. The number of aliphatic imine (C=N–C) groups is 1. The monoisotopic (exact) mass is 456 g/mol. The Bertz CT molecular complexity index is 637. The highest BCUT2D eigenvalue weighted by Gasteiger charge is 2.48. The van der Waals surface area contributed by atoms with Crippen molar-refractivity contribution in [2.24, 2.45) is 4.99 Å². The van der Waals surface area contributed by atoms with Crippen LogP contribution in [0, 0.1) is 0 Å². The molecule has 1 N–H and O–H groups in total. The summed E-state index contributed by atoms with van der Waals surface area (Å²) in [5, 5.41) is 3.93. The molecule has 2 aliphatic rings. The van der Waals surface area contributed by atoms with Crippen molar-refractivity contribution in [3.8, 4) is 0 Å². The molecule has 3 amide bonds. The number of nitrogens with one attached hydrogen (secondary N) is 1. The normalized spacial score (nSPS) is 21.7. The van der Waals surface area contributed by atoms with Gasteiger partial charge < -0.3 is 9.80 Å². The molecule has 1 fully saturated rings. The van der Waals surface area contributed by atoms with Gasteiger partial charge in [0.25, 0.3) is 5.91 Å². The Hall–Kier alpha value is -1.21. The molecule has 1 saturated heterocycles. The van der Waals surface area contributed by atoms with Gasteiger partial charge in [-0.2, -0.15) is 0 Å². The Morgan fingerprint density at radius 2 is 1.70 bits per heavy atom. The zero-order valence-electron chi connectivity index (χ0n) is 18.7. The lowest BCUT2D eigenvalue weighted by Crippen LogP contribution is -2.63. The van der Waals surface area contributed by atoms with E-state index in [1.807, 2.05) is 17.9 Å². The van der Waals surface area contributed by atoms with E-state index < -0.39 is 18.2 Å². The minimum Gasteiger partial charge on any atom is -0.332 e. The van der Waals surface area contributed by atoms with Gasteiger partial charge in [0.05, 0.1) is 0 Å². The molecule has 2 aliphatic heterocycles. The number of unbranched alkanes of at least 4 members (excludes halogenated alkanes) is 9. The number of carbonyl (C=O) groups is 2. The standard InChI is InChI=1S/C22H37ClN4O2S/c1-4-5-6-7-8-9-10-11-12-13-16-30-22-24-19-18(27(22)15-14-17(2)23)20(28)25-21(29)26(19)3/h14,18-19H,4-13,15-16H2,1-3H3,(H,25,28,29)/b17-14+. The van der Waals surface area contributed by atoms with Crippen molar-refractivity contribution in [3.63, 3.8) is 0 Å². The highest BCUT2D eigenvalue weighted by atomic mass is 35.5. The molecule has 6 nitrogen and oxygen atoms in total. The van der Waals surface area contributed by atoms with Crippen molar-refractivity contribution in [3.05, 3.63) is 11.1 Å². The van der Waals surface area contributed by atoms with Gasteiger partial charge in [-0.1, -0.05) is 94.1 Å². The first kappa shape index (κ1) is 25.1. The van der Waals surface area contributed by atoms with Gasteiger partial charge in [0.1, 0.15) is 0 Å². The molecule has 0 radical (unpaired) electrons. The summed E-state index contributed by atoms with van der Waals surface area (Å²) in [7, 11) is 1.68. The number of amides is 3. The lowest BCUT2D eigenvalue weighted by molar-refractivity contribution is -0.126. The van der Waals surface area contributed by atoms with E-state index >= 15 is 0 Å². The second-order valence-electron chi connectivity index (χ2n) is 8.15. The number of imide groups is 1. The van der Waals surface area contributed by atoms with E-state index in [1.54, 1.807) is 18.8 Å². The summed E-state index contributed by atoms with van der Waals surface area (Å²) in [6.07, 6.45) is 14.5. The second-order valence-corrected chi connectivity index (χ2v) is 9.81. The van der Waals surface area contributed by atoms with Crippen molar-refractivity contribution < 1.29 is 9.59 Å². The molecule has 0 spiro atoms. The quantitative estimate of drug-likeness (QED) is 0.380. The molecule has 0 aromatic carbocycles. The number of carbonyl (C=O) groups excluding carboxylic acids is 2. The SMILES string of the molecule is CCCCCCCCCCCCSC1=NC2C(C(=O)NC(=O)N2C)N1C/C=C(\C)Cl. The first-order valence-corrected chi connectivity index (χ1v) is 12.7. The number of hydrogen-bond acceptors (Lipinski definition) is 5. The third-order valence-electron chi connectivity index (χ3n) is 5.62. The Kier molecular flexibility index (Phi) is 11.1. The van der Waals surface area contributed by atoms with E-state index in [9.17, 15) is 9.59 Å². The predicted molar refractivity (Wildman–Crippen MR) is 127 cm³/mol. The number of amidine groups is 1. The summed E-state index contributed by atoms with van der Waals surface area (Å²) < 4.78 is 0. The lowest BCUT2D eigenvalue weighted by atomic mass is 10.1. The van der Waals surface area contributed by atoms with Gasteiger partial charge in [-0.25, -0.2) is 9.79 Å². The van der Waals surface area contributed by atoms with Crippen LogP contribution in [-0.2, 0) is 4.79 Å². The van der Waals surface area contributed by atoms with Crippen LogP contribution in [0.25, 0.3) is 0 Å². The molecule has 0 aromatic heterocycles. The van der Waals surface area contributed by atoms with Crippen molar-refractivity contribution in [1.29, 1.82) is 0 Å². The fraction of sp³-hybridized carbons (Fsp3) is 0.773. The molecule has 2 heterocycles. The highest BCUT2D eigenvalue weighted by Crippen LogP contribution is 2.29. The van der Waals surface area contributed by atoms with Crippen LogP contribution in [0.3, 0.4) is 0 Å². The van der Waals surface area contributed by atoms with Crippen molar-refractivity contribution in [2.45, 2.75) is 90.3 Å². The summed E-state index contributed by atoms with van der Waals surface area (Å²) in [5.41, 5.74) is 0. The van der Waals surface area contributed by atoms with Crippen LogP contribution in [0.4, 0.5) is 4.79 Å². The number of urea groups is 1. The number of likely N-dealkylation sites (N-methyl/N-ethyl adjacent to an activating group) is 1. The molecular formula is C22H37ClN4O2S. The summed E-state index contributed by atoms with van der Waals surface area (Å²) in [5.74, 6) is 0.677. The van der Waals surface area contributed by atoms with Crippen LogP contribution in [-0.4, -0.2) is 58.5 Å². The van der Waals surface area contributed by atoms with Gasteiger partial charge in [0.15, 0.2) is 17.4 Å². The largest absolute Gasteiger partial charge is 0.332 e. The van der Waals surface area contributed by atoms with Gasteiger partial charge in [0, 0.05) is 24.4 Å². The molecule has 30 heavy (non-hydrogen) atoms. The maximum atomic E-state index is 12.5. The number of hydrogen-bond donors (Lipinski definition) is 1. The zero-order chi connectivity index (χ0) is 21.9. The number of nitrogens with zero attached hydrogens (tertiary/aromatic N) is 3. The summed E-state index contributed by atoms with van der Waals surface area (Å²) in [4.78, 5) is 32.6. The van der Waals surface area contributed by atoms with Crippen LogP contribution in [0.5, 0.6) is 0 Å². The number of thioether (sulfide) groups is 1. The number of fused-ring (bicyclic) bond motifs is 1. The summed E-state index contributed by atoms with van der Waals surface area (Å²) in [6, 6.07) is -0.884. The van der Waals surface area contributed by atoms with Gasteiger partial charge in [-0.05, 0) is 13.3 Å². The van der Waals surface area contributed by atoms with Gasteiger partial charge in [-0.3, -0.25) is 10.1 Å². The van der Waals surface area contributed by atoms with Crippen molar-refractivity contribution in [1.82, 2.24) is 15.1 Å². The Balaban J connectivity index is 1.76. The minimum atomic E-state index is -0.491. The Morgan fingerprint density at radius 3 is 2.30 bits per heavy atom. The van der Waals surface area contributed by atoms with Crippen molar-refractivity contribution in [2.75, 3.05) is 19.3 Å². The van der Waals surface area contributed by atoms with Crippen LogP contribution >= 0.6 is 23.4 Å². The maximum absolute atomic E-state index is 12.5. The van der Waals surface area contributed by atoms with Crippen LogP contribution in [0.1, 0.15) is 78.1 Å². The molecule has 0 aromatic rings. The maximum Gasteiger partial charge on any atom is 0.325 e. The van der Waals surface area contributed by atoms with Gasteiger partial charge in [-0.15, -0.1) is 0 Å². The predicted octanol–water partition coefficient (Wildman–Crippen LogP) is 5.33. The molecule has 0 aliphatic carbocycles. The molecule has 2 unspecified atom stereocenters. The Labute approximate surface area is 190 Å². The fourth-order valence-electron chi connectivity index (χ4n) is 3.79. The van der Waals surface area contributed by atoms with E-state index in [2.05, 4.69) is 12.2 Å². The molecule has 170 valence electrons. The molecular weight excluding hydrogens is 420 g/mol. The molecule has 2 atom stereocenters. The zero-order valence-corrected chi connectivity index (χ0v) is 20.2. The van der Waals surface area contributed by atoms with Crippen molar-refractivity contribution >= 4 is 40.5 Å². The molecule has 2 rings (SSSR count). The fourth-order valence-corrected chi connectivity index (χ4v) is 4.93. The molecule has 0 saturated carbocycles. The first-order valence-electron chi connectivity index (χ1n) is 11.3. The average Bonchev–Trinajstić information content (AvgIpc) is 3.08. The second kappa shape index (κ2) is 13.3. The van der Waals surface area contributed by atoms with Crippen LogP contribution < -0.4 is 5.32 Å². The van der Waals surface area contributed by atoms with Crippen LogP contribution in [0.15, 0.2) is 16.1 Å². The average molecular weight is 457 g/mol. The third-order valence-corrected chi connectivity index (χ3v) is 6.87.